The molecule has 0 aliphatic carbocycles. The van der Waals surface area contributed by atoms with E-state index in [2.05, 4.69) is 49.2 Å². The van der Waals surface area contributed by atoms with Crippen LogP contribution in [0.5, 0.6) is 0 Å². The summed E-state index contributed by atoms with van der Waals surface area (Å²) in [5.74, 6) is 0. The van der Waals surface area contributed by atoms with Gasteiger partial charge in [-0.3, -0.25) is 0 Å². The van der Waals surface area contributed by atoms with Crippen LogP contribution in [0.4, 0.5) is 5.69 Å². The van der Waals surface area contributed by atoms with Crippen molar-refractivity contribution in [2.24, 2.45) is 0 Å². The van der Waals surface area contributed by atoms with Gasteiger partial charge in [0.2, 0.25) is 0 Å². The Hall–Kier alpha value is -1.06. The molecule has 2 rings (SSSR count). The van der Waals surface area contributed by atoms with Crippen molar-refractivity contribution in [3.8, 4) is 0 Å². The molecule has 0 bridgehead atoms. The second kappa shape index (κ2) is 8.40. The molecule has 21 heavy (non-hydrogen) atoms. The summed E-state index contributed by atoms with van der Waals surface area (Å²) in [7, 11) is 0. The van der Waals surface area contributed by atoms with Gasteiger partial charge in [-0.1, -0.05) is 13.0 Å². The summed E-state index contributed by atoms with van der Waals surface area (Å²) < 4.78 is 5.80. The van der Waals surface area contributed by atoms with Gasteiger partial charge in [-0.05, 0) is 62.9 Å². The highest BCUT2D eigenvalue weighted by atomic mass is 16.5. The van der Waals surface area contributed by atoms with Gasteiger partial charge in [0, 0.05) is 31.9 Å². The summed E-state index contributed by atoms with van der Waals surface area (Å²) in [6.07, 6.45) is 4.00. The van der Waals surface area contributed by atoms with Crippen LogP contribution in [-0.4, -0.2) is 32.3 Å². The van der Waals surface area contributed by atoms with Crippen LogP contribution in [0, 0.1) is 6.92 Å². The number of nitrogens with zero attached hydrogens (tertiary/aromatic N) is 1. The van der Waals surface area contributed by atoms with Gasteiger partial charge in [0.25, 0.3) is 0 Å². The molecule has 1 atom stereocenters. The number of aryl methyl sites for hydroxylation is 1. The average Bonchev–Trinajstić information content (AvgIpc) is 2.50. The largest absolute Gasteiger partial charge is 0.377 e. The van der Waals surface area contributed by atoms with Crippen molar-refractivity contribution >= 4 is 5.69 Å². The van der Waals surface area contributed by atoms with E-state index in [-0.39, 0.29) is 0 Å². The van der Waals surface area contributed by atoms with Crippen molar-refractivity contribution in [2.75, 3.05) is 31.1 Å². The molecule has 0 saturated carbocycles. The fraction of sp³-hybridized carbons (Fsp3) is 0.667. The van der Waals surface area contributed by atoms with Crippen molar-refractivity contribution in [3.63, 3.8) is 0 Å². The van der Waals surface area contributed by atoms with E-state index in [1.807, 2.05) is 0 Å². The highest BCUT2D eigenvalue weighted by Crippen LogP contribution is 2.24. The molecule has 1 N–H and O–H groups in total. The van der Waals surface area contributed by atoms with Gasteiger partial charge in [-0.2, -0.15) is 0 Å². The Balaban J connectivity index is 1.98. The Bertz CT molecular complexity index is 431. The van der Waals surface area contributed by atoms with Crippen molar-refractivity contribution < 1.29 is 4.74 Å². The Kier molecular flexibility index (Phi) is 6.52. The number of piperidine rings is 1. The molecule has 118 valence electrons. The van der Waals surface area contributed by atoms with Crippen molar-refractivity contribution in [1.29, 1.82) is 0 Å². The molecule has 0 amide bonds. The quantitative estimate of drug-likeness (QED) is 0.778. The van der Waals surface area contributed by atoms with E-state index >= 15 is 0 Å². The molecule has 0 radical (unpaired) electrons. The van der Waals surface area contributed by atoms with Crippen LogP contribution in [0.1, 0.15) is 44.2 Å². The van der Waals surface area contributed by atoms with Crippen molar-refractivity contribution in [3.05, 3.63) is 29.3 Å². The predicted octanol–water partition coefficient (Wildman–Crippen LogP) is 3.50. The lowest BCUT2D eigenvalue weighted by Gasteiger charge is -2.34. The molecule has 0 spiro atoms. The third-order valence-corrected chi connectivity index (χ3v) is 4.21. The van der Waals surface area contributed by atoms with Crippen LogP contribution in [0.2, 0.25) is 0 Å². The van der Waals surface area contributed by atoms with E-state index in [1.54, 1.807) is 0 Å². The second-order valence-corrected chi connectivity index (χ2v) is 5.95. The number of anilines is 1. The summed E-state index contributed by atoms with van der Waals surface area (Å²) >= 11 is 0. The standard InChI is InChI=1S/C18H30N2O/c1-4-10-19-13-16-8-9-17(12-15(16)3)20-11-6-7-18(14-20)21-5-2/h8-9,12,18-19H,4-7,10-11,13-14H2,1-3H3. The van der Waals surface area contributed by atoms with E-state index in [1.165, 1.54) is 36.1 Å². The van der Waals surface area contributed by atoms with Gasteiger partial charge >= 0.3 is 0 Å². The van der Waals surface area contributed by atoms with Gasteiger partial charge in [0.15, 0.2) is 0 Å². The third-order valence-electron chi connectivity index (χ3n) is 4.21. The minimum absolute atomic E-state index is 0.398. The topological polar surface area (TPSA) is 24.5 Å². The van der Waals surface area contributed by atoms with Gasteiger partial charge in [0.1, 0.15) is 0 Å². The summed E-state index contributed by atoms with van der Waals surface area (Å²) in [6.45, 7) is 11.6. The summed E-state index contributed by atoms with van der Waals surface area (Å²) in [4.78, 5) is 2.47. The molecule has 3 heteroatoms. The number of ether oxygens (including phenoxy) is 1. The summed E-state index contributed by atoms with van der Waals surface area (Å²) in [6, 6.07) is 6.87. The van der Waals surface area contributed by atoms with Crippen LogP contribution in [-0.2, 0) is 11.3 Å². The minimum atomic E-state index is 0.398. The first-order chi connectivity index (χ1) is 10.2. The number of hydrogen-bond donors (Lipinski definition) is 1. The highest BCUT2D eigenvalue weighted by Gasteiger charge is 2.20. The molecule has 1 aliphatic rings. The maximum Gasteiger partial charge on any atom is 0.0750 e. The summed E-state index contributed by atoms with van der Waals surface area (Å²) in [5.41, 5.74) is 4.14. The average molecular weight is 290 g/mol. The van der Waals surface area contributed by atoms with Gasteiger partial charge in [-0.15, -0.1) is 0 Å². The van der Waals surface area contributed by atoms with Gasteiger partial charge < -0.3 is 15.0 Å². The lowest BCUT2D eigenvalue weighted by atomic mass is 10.0. The molecule has 1 aliphatic heterocycles. The molecule has 1 unspecified atom stereocenters. The van der Waals surface area contributed by atoms with E-state index in [9.17, 15) is 0 Å². The molecular formula is C18H30N2O. The Morgan fingerprint density at radius 3 is 2.90 bits per heavy atom. The maximum absolute atomic E-state index is 5.80. The Labute approximate surface area is 129 Å². The zero-order valence-electron chi connectivity index (χ0n) is 13.8. The monoisotopic (exact) mass is 290 g/mol. The molecule has 1 saturated heterocycles. The van der Waals surface area contributed by atoms with Gasteiger partial charge in [0.05, 0.1) is 6.10 Å². The Morgan fingerprint density at radius 2 is 2.19 bits per heavy atom. The Morgan fingerprint density at radius 1 is 1.33 bits per heavy atom. The number of rotatable bonds is 7. The molecule has 0 aromatic heterocycles. The zero-order chi connectivity index (χ0) is 15.1. The van der Waals surface area contributed by atoms with E-state index in [4.69, 9.17) is 4.74 Å². The lowest BCUT2D eigenvalue weighted by molar-refractivity contribution is 0.0527. The molecule has 1 heterocycles. The second-order valence-electron chi connectivity index (χ2n) is 5.95. The SMILES string of the molecule is CCCNCc1ccc(N2CCCC(OCC)C2)cc1C. The van der Waals surface area contributed by atoms with Gasteiger partial charge in [-0.25, -0.2) is 0 Å². The lowest BCUT2D eigenvalue weighted by Crippen LogP contribution is -2.39. The van der Waals surface area contributed by atoms with Crippen LogP contribution < -0.4 is 10.2 Å². The van der Waals surface area contributed by atoms with E-state index in [0.717, 1.165) is 32.8 Å². The predicted molar refractivity (Wildman–Crippen MR) is 90.0 cm³/mol. The first kappa shape index (κ1) is 16.3. The maximum atomic E-state index is 5.80. The molecular weight excluding hydrogens is 260 g/mol. The smallest absolute Gasteiger partial charge is 0.0750 e. The number of nitrogens with one attached hydrogen (secondary N) is 1. The van der Waals surface area contributed by atoms with Crippen LogP contribution in [0.3, 0.4) is 0 Å². The number of hydrogen-bond acceptors (Lipinski definition) is 3. The zero-order valence-corrected chi connectivity index (χ0v) is 13.8. The molecule has 1 aromatic rings. The molecule has 3 nitrogen and oxygen atoms in total. The van der Waals surface area contributed by atoms with Crippen LogP contribution in [0.25, 0.3) is 0 Å². The first-order valence-corrected chi connectivity index (χ1v) is 8.41. The van der Waals surface area contributed by atoms with Crippen LogP contribution >= 0.6 is 0 Å². The normalized spacial score (nSPS) is 19.0. The third kappa shape index (κ3) is 4.72. The number of benzene rings is 1. The fourth-order valence-corrected chi connectivity index (χ4v) is 3.02. The fourth-order valence-electron chi connectivity index (χ4n) is 3.02. The minimum Gasteiger partial charge on any atom is -0.377 e. The first-order valence-electron chi connectivity index (χ1n) is 8.41. The van der Waals surface area contributed by atoms with E-state index in [0.29, 0.717) is 6.10 Å². The van der Waals surface area contributed by atoms with E-state index < -0.39 is 0 Å². The summed E-state index contributed by atoms with van der Waals surface area (Å²) in [5, 5.41) is 3.48. The highest BCUT2D eigenvalue weighted by molar-refractivity contribution is 5.51. The van der Waals surface area contributed by atoms with Crippen molar-refractivity contribution in [2.45, 2.75) is 52.7 Å². The molecule has 1 fully saturated rings. The van der Waals surface area contributed by atoms with Crippen molar-refractivity contribution in [1.82, 2.24) is 5.32 Å². The molecule has 1 aromatic carbocycles. The van der Waals surface area contributed by atoms with Crippen LogP contribution in [0.15, 0.2) is 18.2 Å².